The van der Waals surface area contributed by atoms with Crippen LogP contribution in [0.4, 0.5) is 13.2 Å². The molecule has 2 rings (SSSR count). The maximum Gasteiger partial charge on any atom is 0.573 e. The molecule has 1 aliphatic rings. The molecule has 1 fully saturated rings. The minimum Gasteiger partial charge on any atom is -0.496 e. The van der Waals surface area contributed by atoms with Crippen molar-refractivity contribution in [1.82, 2.24) is 5.32 Å². The van der Waals surface area contributed by atoms with Gasteiger partial charge in [0.25, 0.3) is 0 Å². The van der Waals surface area contributed by atoms with Crippen molar-refractivity contribution in [1.29, 1.82) is 0 Å². The van der Waals surface area contributed by atoms with E-state index in [1.165, 1.54) is 19.2 Å². The Morgan fingerprint density at radius 2 is 2.00 bits per heavy atom. The molecule has 0 unspecified atom stereocenters. The van der Waals surface area contributed by atoms with Crippen LogP contribution < -0.4 is 14.8 Å². The van der Waals surface area contributed by atoms with Crippen molar-refractivity contribution in [3.05, 3.63) is 23.8 Å². The lowest BCUT2D eigenvalue weighted by molar-refractivity contribution is -0.274. The van der Waals surface area contributed by atoms with Crippen LogP contribution in [0.2, 0.25) is 0 Å². The maximum atomic E-state index is 12.2. The number of nitrogens with one attached hydrogen (secondary N) is 1. The molecule has 0 aliphatic carbocycles. The second kappa shape index (κ2) is 7.04. The third kappa shape index (κ3) is 4.45. The molecule has 1 heterocycles. The summed E-state index contributed by atoms with van der Waals surface area (Å²) < 4.78 is 45.5. The number of ether oxygens (including phenoxy) is 2. The molecule has 0 amide bonds. The molecule has 7 heteroatoms. The average molecular weight is 312 g/mol. The second-order valence-corrected chi connectivity index (χ2v) is 4.45. The lowest BCUT2D eigenvalue weighted by Gasteiger charge is -2.25. The number of alkyl halides is 3. The third-order valence-electron chi connectivity index (χ3n) is 3.12. The van der Waals surface area contributed by atoms with Gasteiger partial charge in [0.1, 0.15) is 11.5 Å². The molecule has 1 N–H and O–H groups in total. The summed E-state index contributed by atoms with van der Waals surface area (Å²) in [5.74, 6) is 0.157. The summed E-state index contributed by atoms with van der Waals surface area (Å²) in [6, 6.07) is 4.35. The molecule has 1 aromatic rings. The van der Waals surface area contributed by atoms with E-state index in [0.29, 0.717) is 5.75 Å². The molecule has 0 aromatic heterocycles. The van der Waals surface area contributed by atoms with Crippen molar-refractivity contribution in [3.8, 4) is 11.5 Å². The van der Waals surface area contributed by atoms with E-state index in [0.717, 1.165) is 31.4 Å². The summed E-state index contributed by atoms with van der Waals surface area (Å²) in [5, 5.41) is 3.33. The highest BCUT2D eigenvalue weighted by atomic mass is 35.5. The molecule has 1 saturated heterocycles. The summed E-state index contributed by atoms with van der Waals surface area (Å²) >= 11 is 0. The van der Waals surface area contributed by atoms with Crippen LogP contribution in [0.3, 0.4) is 0 Å². The number of halogens is 4. The molecule has 0 bridgehead atoms. The fourth-order valence-electron chi connectivity index (χ4n) is 2.29. The van der Waals surface area contributed by atoms with E-state index in [-0.39, 0.29) is 24.2 Å². The van der Waals surface area contributed by atoms with Crippen molar-refractivity contribution < 1.29 is 22.6 Å². The lowest BCUT2D eigenvalue weighted by atomic mass is 9.96. The van der Waals surface area contributed by atoms with E-state index in [4.69, 9.17) is 4.74 Å². The highest BCUT2D eigenvalue weighted by Gasteiger charge is 2.31. The molecule has 3 nitrogen and oxygen atoms in total. The Hall–Kier alpha value is -1.14. The Morgan fingerprint density at radius 3 is 2.55 bits per heavy atom. The summed E-state index contributed by atoms with van der Waals surface area (Å²) in [6.07, 6.45) is -1.51. The molecule has 114 valence electrons. The van der Waals surface area contributed by atoms with Crippen LogP contribution in [0, 0.1) is 0 Å². The van der Waals surface area contributed by atoms with E-state index in [2.05, 4.69) is 10.1 Å². The minimum atomic E-state index is -4.68. The molecular weight excluding hydrogens is 295 g/mol. The van der Waals surface area contributed by atoms with Crippen LogP contribution in [0.15, 0.2) is 18.2 Å². The maximum absolute atomic E-state index is 12.2. The Labute approximate surface area is 121 Å². The van der Waals surface area contributed by atoms with Crippen LogP contribution in [0.5, 0.6) is 11.5 Å². The lowest BCUT2D eigenvalue weighted by Crippen LogP contribution is -2.27. The van der Waals surface area contributed by atoms with Crippen LogP contribution >= 0.6 is 12.4 Å². The zero-order chi connectivity index (χ0) is 13.9. The first kappa shape index (κ1) is 16.9. The van der Waals surface area contributed by atoms with Gasteiger partial charge >= 0.3 is 6.36 Å². The molecule has 1 aliphatic heterocycles. The highest BCUT2D eigenvalue weighted by Crippen LogP contribution is 2.34. The summed E-state index contributed by atoms with van der Waals surface area (Å²) in [6.45, 7) is 0.911. The molecule has 0 saturated carbocycles. The molecule has 20 heavy (non-hydrogen) atoms. The van der Waals surface area contributed by atoms with Gasteiger partial charge in [0, 0.05) is 17.7 Å². The van der Waals surface area contributed by atoms with Gasteiger partial charge in [-0.1, -0.05) is 12.5 Å². The summed E-state index contributed by atoms with van der Waals surface area (Å²) in [7, 11) is 1.44. The van der Waals surface area contributed by atoms with Crippen LogP contribution in [-0.2, 0) is 0 Å². The largest absolute Gasteiger partial charge is 0.573 e. The third-order valence-corrected chi connectivity index (χ3v) is 3.12. The first-order valence-electron chi connectivity index (χ1n) is 6.16. The van der Waals surface area contributed by atoms with Crippen molar-refractivity contribution in [2.24, 2.45) is 0 Å². The monoisotopic (exact) mass is 311 g/mol. The Kier molecular flexibility index (Phi) is 5.95. The van der Waals surface area contributed by atoms with Crippen LogP contribution in [0.25, 0.3) is 0 Å². The van der Waals surface area contributed by atoms with E-state index in [9.17, 15) is 13.2 Å². The smallest absolute Gasteiger partial charge is 0.496 e. The SMILES string of the molecule is COc1cc(OC(F)(F)F)ccc1[C@H]1CCCCN1.Cl. The molecular formula is C13H17ClF3NO2. The number of hydrogen-bond donors (Lipinski definition) is 1. The van der Waals surface area contributed by atoms with Gasteiger partial charge in [0.2, 0.25) is 0 Å². The number of piperidine rings is 1. The molecule has 0 spiro atoms. The minimum absolute atomic E-state index is 0. The predicted octanol–water partition coefficient (Wildman–Crippen LogP) is 3.83. The number of hydrogen-bond acceptors (Lipinski definition) is 3. The van der Waals surface area contributed by atoms with Gasteiger partial charge in [-0.05, 0) is 25.5 Å². The predicted molar refractivity (Wildman–Crippen MR) is 71.5 cm³/mol. The van der Waals surface area contributed by atoms with Gasteiger partial charge in [-0.25, -0.2) is 0 Å². The van der Waals surface area contributed by atoms with Gasteiger partial charge in [-0.15, -0.1) is 25.6 Å². The van der Waals surface area contributed by atoms with Crippen molar-refractivity contribution in [2.45, 2.75) is 31.7 Å². The van der Waals surface area contributed by atoms with Gasteiger partial charge in [0.15, 0.2) is 0 Å². The Morgan fingerprint density at radius 1 is 1.25 bits per heavy atom. The zero-order valence-corrected chi connectivity index (χ0v) is 11.8. The summed E-state index contributed by atoms with van der Waals surface area (Å²) in [4.78, 5) is 0. The summed E-state index contributed by atoms with van der Waals surface area (Å²) in [5.41, 5.74) is 0.872. The van der Waals surface area contributed by atoms with Gasteiger partial charge in [-0.3, -0.25) is 0 Å². The Balaban J connectivity index is 0.00000200. The first-order valence-corrected chi connectivity index (χ1v) is 6.16. The fraction of sp³-hybridized carbons (Fsp3) is 0.538. The second-order valence-electron chi connectivity index (χ2n) is 4.45. The Bertz CT molecular complexity index is 434. The van der Waals surface area contributed by atoms with Crippen molar-refractivity contribution in [3.63, 3.8) is 0 Å². The van der Waals surface area contributed by atoms with E-state index in [1.54, 1.807) is 6.07 Å². The standard InChI is InChI=1S/C13H16F3NO2.ClH/c1-18-12-8-9(19-13(14,15)16)5-6-10(12)11-4-2-3-7-17-11;/h5-6,8,11,17H,2-4,7H2,1H3;1H/t11-;/m1./s1. The van der Waals surface area contributed by atoms with Gasteiger partial charge < -0.3 is 14.8 Å². The van der Waals surface area contributed by atoms with E-state index >= 15 is 0 Å². The topological polar surface area (TPSA) is 30.5 Å². The van der Waals surface area contributed by atoms with Gasteiger partial charge in [0.05, 0.1) is 7.11 Å². The van der Waals surface area contributed by atoms with E-state index < -0.39 is 6.36 Å². The molecule has 1 atom stereocenters. The molecule has 0 radical (unpaired) electrons. The van der Waals surface area contributed by atoms with Crippen molar-refractivity contribution >= 4 is 12.4 Å². The molecule has 1 aromatic carbocycles. The zero-order valence-electron chi connectivity index (χ0n) is 11.0. The fourth-order valence-corrected chi connectivity index (χ4v) is 2.29. The van der Waals surface area contributed by atoms with E-state index in [1.807, 2.05) is 0 Å². The first-order chi connectivity index (χ1) is 8.99. The van der Waals surface area contributed by atoms with Crippen molar-refractivity contribution in [2.75, 3.05) is 13.7 Å². The normalized spacial score (nSPS) is 19.1. The number of rotatable bonds is 3. The highest BCUT2D eigenvalue weighted by molar-refractivity contribution is 5.85. The number of methoxy groups -OCH3 is 1. The quantitative estimate of drug-likeness (QED) is 0.920. The van der Waals surface area contributed by atoms with Gasteiger partial charge in [-0.2, -0.15) is 0 Å². The average Bonchev–Trinajstić information content (AvgIpc) is 2.37. The van der Waals surface area contributed by atoms with Crippen LogP contribution in [-0.4, -0.2) is 20.0 Å². The number of benzene rings is 1. The van der Waals surface area contributed by atoms with Crippen LogP contribution in [0.1, 0.15) is 30.9 Å².